The zero-order valence-corrected chi connectivity index (χ0v) is 9.84. The molecule has 0 saturated heterocycles. The molecule has 0 fully saturated rings. The van der Waals surface area contributed by atoms with E-state index in [-0.39, 0.29) is 0 Å². The van der Waals surface area contributed by atoms with Crippen molar-refractivity contribution in [2.24, 2.45) is 0 Å². The first-order chi connectivity index (χ1) is 6.77. The van der Waals surface area contributed by atoms with Crippen LogP contribution in [0.2, 0.25) is 0 Å². The molecule has 14 heavy (non-hydrogen) atoms. The van der Waals surface area contributed by atoms with E-state index in [1.165, 1.54) is 19.4 Å². The molecule has 0 amide bonds. The first kappa shape index (κ1) is 11.7. The van der Waals surface area contributed by atoms with Crippen molar-refractivity contribution in [3.63, 3.8) is 0 Å². The molecule has 1 aliphatic rings. The quantitative estimate of drug-likeness (QED) is 0.677. The van der Waals surface area contributed by atoms with Crippen LogP contribution in [-0.2, 0) is 0 Å². The molecule has 0 aromatic carbocycles. The van der Waals surface area contributed by atoms with Gasteiger partial charge < -0.3 is 5.32 Å². The Morgan fingerprint density at radius 1 is 1.50 bits per heavy atom. The monoisotopic (exact) mass is 196 g/mol. The Balaban J connectivity index is 2.37. The van der Waals surface area contributed by atoms with Gasteiger partial charge in [0.05, 0.1) is 0 Å². The maximum absolute atomic E-state index is 3.45. The number of nitrogens with zero attached hydrogens (tertiary/aromatic N) is 1. The van der Waals surface area contributed by atoms with Gasteiger partial charge in [0.15, 0.2) is 0 Å². The Labute approximate surface area is 88.4 Å². The van der Waals surface area contributed by atoms with E-state index in [0.29, 0.717) is 0 Å². The van der Waals surface area contributed by atoms with Crippen LogP contribution in [0.4, 0.5) is 0 Å². The zero-order chi connectivity index (χ0) is 10.4. The van der Waals surface area contributed by atoms with E-state index in [0.717, 1.165) is 25.7 Å². The summed E-state index contributed by atoms with van der Waals surface area (Å²) in [5.41, 5.74) is 1.56. The van der Waals surface area contributed by atoms with Gasteiger partial charge in [0.25, 0.3) is 0 Å². The highest BCUT2D eigenvalue weighted by atomic mass is 15.2. The van der Waals surface area contributed by atoms with Gasteiger partial charge in [0.2, 0.25) is 0 Å². The van der Waals surface area contributed by atoms with E-state index in [9.17, 15) is 0 Å². The van der Waals surface area contributed by atoms with Gasteiger partial charge in [-0.3, -0.25) is 4.90 Å². The number of rotatable bonds is 5. The summed E-state index contributed by atoms with van der Waals surface area (Å²) in [6.45, 7) is 11.3. The summed E-state index contributed by atoms with van der Waals surface area (Å²) in [5, 5.41) is 3.45. The van der Waals surface area contributed by atoms with E-state index in [2.05, 4.69) is 37.1 Å². The largest absolute Gasteiger partial charge is 0.315 e. The molecule has 2 nitrogen and oxygen atoms in total. The van der Waals surface area contributed by atoms with Gasteiger partial charge in [-0.25, -0.2) is 0 Å². The lowest BCUT2D eigenvalue weighted by molar-refractivity contribution is 0.201. The number of hydrogen-bond acceptors (Lipinski definition) is 2. The standard InChI is InChI=1S/C12H24N2/c1-4-12(10-13-5-2)14-8-6-11(3)7-9-14/h6,12-13H,4-5,7-10H2,1-3H3. The summed E-state index contributed by atoms with van der Waals surface area (Å²) in [6, 6.07) is 0.722. The predicted octanol–water partition coefficient (Wildman–Crippen LogP) is 2.03. The molecular formula is C12H24N2. The lowest BCUT2D eigenvalue weighted by Crippen LogP contribution is -2.43. The second-order valence-electron chi connectivity index (χ2n) is 4.17. The van der Waals surface area contributed by atoms with Crippen molar-refractivity contribution in [2.75, 3.05) is 26.2 Å². The van der Waals surface area contributed by atoms with Crippen LogP contribution in [0.5, 0.6) is 0 Å². The first-order valence-electron chi connectivity index (χ1n) is 5.88. The van der Waals surface area contributed by atoms with Crippen LogP contribution in [0.15, 0.2) is 11.6 Å². The van der Waals surface area contributed by atoms with Crippen LogP contribution in [0.3, 0.4) is 0 Å². The van der Waals surface area contributed by atoms with Crippen LogP contribution in [0.25, 0.3) is 0 Å². The molecule has 0 aliphatic carbocycles. The summed E-state index contributed by atoms with van der Waals surface area (Å²) in [7, 11) is 0. The van der Waals surface area contributed by atoms with Crippen molar-refractivity contribution in [3.8, 4) is 0 Å². The van der Waals surface area contributed by atoms with E-state index in [1.807, 2.05) is 0 Å². The van der Waals surface area contributed by atoms with Gasteiger partial charge >= 0.3 is 0 Å². The highest BCUT2D eigenvalue weighted by Crippen LogP contribution is 2.13. The van der Waals surface area contributed by atoms with Crippen molar-refractivity contribution < 1.29 is 0 Å². The minimum atomic E-state index is 0.722. The number of likely N-dealkylation sites (N-methyl/N-ethyl adjacent to an activating group) is 1. The molecule has 0 aromatic heterocycles. The van der Waals surface area contributed by atoms with Crippen molar-refractivity contribution in [2.45, 2.75) is 39.7 Å². The minimum Gasteiger partial charge on any atom is -0.315 e. The Morgan fingerprint density at radius 3 is 2.79 bits per heavy atom. The van der Waals surface area contributed by atoms with Crippen molar-refractivity contribution in [1.29, 1.82) is 0 Å². The lowest BCUT2D eigenvalue weighted by atomic mass is 10.1. The van der Waals surface area contributed by atoms with Gasteiger partial charge in [-0.1, -0.05) is 25.5 Å². The summed E-state index contributed by atoms with van der Waals surface area (Å²) < 4.78 is 0. The molecule has 1 unspecified atom stereocenters. The minimum absolute atomic E-state index is 0.722. The summed E-state index contributed by atoms with van der Waals surface area (Å²) in [5.74, 6) is 0. The van der Waals surface area contributed by atoms with E-state index < -0.39 is 0 Å². The molecule has 0 spiro atoms. The molecular weight excluding hydrogens is 172 g/mol. The molecule has 1 N–H and O–H groups in total. The Bertz CT molecular complexity index is 187. The molecule has 0 aromatic rings. The van der Waals surface area contributed by atoms with Gasteiger partial charge in [0, 0.05) is 25.7 Å². The van der Waals surface area contributed by atoms with E-state index in [1.54, 1.807) is 5.57 Å². The van der Waals surface area contributed by atoms with Gasteiger partial charge in [0.1, 0.15) is 0 Å². The second kappa shape index (κ2) is 6.20. The number of nitrogens with one attached hydrogen (secondary N) is 1. The fraction of sp³-hybridized carbons (Fsp3) is 0.833. The molecule has 0 saturated carbocycles. The summed E-state index contributed by atoms with van der Waals surface area (Å²) in [6.07, 6.45) is 4.88. The molecule has 82 valence electrons. The highest BCUT2D eigenvalue weighted by Gasteiger charge is 2.17. The van der Waals surface area contributed by atoms with Crippen LogP contribution in [-0.4, -0.2) is 37.1 Å². The zero-order valence-electron chi connectivity index (χ0n) is 9.84. The van der Waals surface area contributed by atoms with Crippen LogP contribution in [0, 0.1) is 0 Å². The molecule has 1 atom stereocenters. The molecule has 2 heteroatoms. The van der Waals surface area contributed by atoms with Crippen molar-refractivity contribution in [3.05, 3.63) is 11.6 Å². The first-order valence-corrected chi connectivity index (χ1v) is 5.88. The maximum atomic E-state index is 3.45. The Morgan fingerprint density at radius 2 is 2.29 bits per heavy atom. The predicted molar refractivity (Wildman–Crippen MR) is 62.6 cm³/mol. The van der Waals surface area contributed by atoms with E-state index in [4.69, 9.17) is 0 Å². The third kappa shape index (κ3) is 3.43. The normalized spacial score (nSPS) is 20.6. The third-order valence-corrected chi connectivity index (χ3v) is 3.09. The van der Waals surface area contributed by atoms with Crippen LogP contribution >= 0.6 is 0 Å². The molecule has 0 bridgehead atoms. The Hall–Kier alpha value is -0.340. The maximum Gasteiger partial charge on any atom is 0.0221 e. The number of hydrogen-bond donors (Lipinski definition) is 1. The van der Waals surface area contributed by atoms with Gasteiger partial charge in [-0.15, -0.1) is 0 Å². The average molecular weight is 196 g/mol. The van der Waals surface area contributed by atoms with Crippen molar-refractivity contribution >= 4 is 0 Å². The molecule has 1 aliphatic heterocycles. The van der Waals surface area contributed by atoms with E-state index >= 15 is 0 Å². The van der Waals surface area contributed by atoms with Crippen molar-refractivity contribution in [1.82, 2.24) is 10.2 Å². The van der Waals surface area contributed by atoms with Crippen LogP contribution in [0.1, 0.15) is 33.6 Å². The summed E-state index contributed by atoms with van der Waals surface area (Å²) >= 11 is 0. The van der Waals surface area contributed by atoms with Crippen LogP contribution < -0.4 is 5.32 Å². The average Bonchev–Trinajstić information content (AvgIpc) is 2.21. The molecule has 0 radical (unpaired) electrons. The Kier molecular flexibility index (Phi) is 5.20. The SMILES string of the molecule is CCNCC(CC)N1CC=C(C)CC1. The lowest BCUT2D eigenvalue weighted by Gasteiger charge is -2.33. The molecule has 1 heterocycles. The smallest absolute Gasteiger partial charge is 0.0221 e. The second-order valence-corrected chi connectivity index (χ2v) is 4.17. The fourth-order valence-electron chi connectivity index (χ4n) is 1.96. The fourth-order valence-corrected chi connectivity index (χ4v) is 1.96. The topological polar surface area (TPSA) is 15.3 Å². The molecule has 1 rings (SSSR count). The third-order valence-electron chi connectivity index (χ3n) is 3.09. The highest BCUT2D eigenvalue weighted by molar-refractivity contribution is 5.04. The van der Waals surface area contributed by atoms with Gasteiger partial charge in [-0.2, -0.15) is 0 Å². The summed E-state index contributed by atoms with van der Waals surface area (Å²) in [4.78, 5) is 2.59. The van der Waals surface area contributed by atoms with Gasteiger partial charge in [-0.05, 0) is 26.3 Å².